The van der Waals surface area contributed by atoms with Gasteiger partial charge in [0.2, 0.25) is 5.78 Å². The quantitative estimate of drug-likeness (QED) is 0.417. The molecule has 0 fully saturated rings. The van der Waals surface area contributed by atoms with Crippen LogP contribution in [-0.2, 0) is 6.61 Å². The van der Waals surface area contributed by atoms with Gasteiger partial charge in [0.15, 0.2) is 5.76 Å². The molecule has 0 spiro atoms. The van der Waals surface area contributed by atoms with Gasteiger partial charge in [-0.25, -0.2) is 0 Å². The van der Waals surface area contributed by atoms with E-state index in [1.807, 2.05) is 49.4 Å². The number of benzene rings is 3. The molecule has 1 aliphatic heterocycles. The highest BCUT2D eigenvalue weighted by Crippen LogP contribution is 2.38. The van der Waals surface area contributed by atoms with Crippen LogP contribution in [0, 0.1) is 13.8 Å². The van der Waals surface area contributed by atoms with Crippen molar-refractivity contribution < 1.29 is 19.0 Å². The molecule has 0 amide bonds. The highest BCUT2D eigenvalue weighted by Gasteiger charge is 2.30. The first-order chi connectivity index (χ1) is 14.5. The molecule has 0 saturated carbocycles. The predicted octanol–water partition coefficient (Wildman–Crippen LogP) is 6.27. The fourth-order valence-corrected chi connectivity index (χ4v) is 3.83. The number of halogens is 1. The Balaban J connectivity index is 1.61. The highest BCUT2D eigenvalue weighted by molar-refractivity contribution is 9.10. The van der Waals surface area contributed by atoms with Crippen LogP contribution in [0.25, 0.3) is 6.08 Å². The average molecular weight is 465 g/mol. The summed E-state index contributed by atoms with van der Waals surface area (Å²) in [5, 5.41) is 0. The lowest BCUT2D eigenvalue weighted by Gasteiger charge is -2.10. The normalized spacial score (nSPS) is 13.9. The number of Topliss-reactive ketones (excluding diaryl/α,β-unsaturated/α-hetero) is 1. The van der Waals surface area contributed by atoms with E-state index in [4.69, 9.17) is 14.2 Å². The number of fused-ring (bicyclic) bond motifs is 1. The Morgan fingerprint density at radius 3 is 2.60 bits per heavy atom. The number of allylic oxidation sites excluding steroid dienone is 1. The Labute approximate surface area is 184 Å². The Hall–Kier alpha value is -3.05. The van der Waals surface area contributed by atoms with Gasteiger partial charge in [0, 0.05) is 16.1 Å². The first-order valence-corrected chi connectivity index (χ1v) is 10.4. The molecule has 1 heterocycles. The second-order valence-electron chi connectivity index (χ2n) is 7.15. The maximum absolute atomic E-state index is 13.0. The molecule has 30 heavy (non-hydrogen) atoms. The molecular weight excluding hydrogens is 444 g/mol. The average Bonchev–Trinajstić information content (AvgIpc) is 3.03. The molecule has 0 aromatic heterocycles. The summed E-state index contributed by atoms with van der Waals surface area (Å²) in [6.45, 7) is 4.40. The fraction of sp³-hybridized carbons (Fsp3) is 0.160. The smallest absolute Gasteiger partial charge is 0.232 e. The van der Waals surface area contributed by atoms with Gasteiger partial charge >= 0.3 is 0 Å². The van der Waals surface area contributed by atoms with Gasteiger partial charge in [0.1, 0.15) is 23.9 Å². The van der Waals surface area contributed by atoms with Crippen LogP contribution in [0.15, 0.2) is 64.8 Å². The molecule has 3 aromatic carbocycles. The van der Waals surface area contributed by atoms with Gasteiger partial charge in [-0.3, -0.25) is 4.79 Å². The zero-order valence-electron chi connectivity index (χ0n) is 17.0. The molecule has 3 aromatic rings. The van der Waals surface area contributed by atoms with Crippen molar-refractivity contribution in [2.45, 2.75) is 20.5 Å². The van der Waals surface area contributed by atoms with Crippen molar-refractivity contribution in [2.24, 2.45) is 0 Å². The minimum absolute atomic E-state index is 0.144. The van der Waals surface area contributed by atoms with E-state index in [1.54, 1.807) is 19.3 Å². The number of hydrogen-bond acceptors (Lipinski definition) is 4. The summed E-state index contributed by atoms with van der Waals surface area (Å²) < 4.78 is 18.2. The van der Waals surface area contributed by atoms with Crippen LogP contribution in [0.1, 0.15) is 32.6 Å². The van der Waals surface area contributed by atoms with Crippen molar-refractivity contribution in [3.8, 4) is 17.2 Å². The van der Waals surface area contributed by atoms with E-state index >= 15 is 0 Å². The molecule has 4 nitrogen and oxygen atoms in total. The van der Waals surface area contributed by atoms with Crippen molar-refractivity contribution in [3.63, 3.8) is 0 Å². The molecule has 0 radical (unpaired) electrons. The van der Waals surface area contributed by atoms with Crippen LogP contribution in [0.4, 0.5) is 0 Å². The lowest BCUT2D eigenvalue weighted by molar-refractivity contribution is 0.101. The Morgan fingerprint density at radius 1 is 1.03 bits per heavy atom. The van der Waals surface area contributed by atoms with Crippen LogP contribution in [0.5, 0.6) is 17.2 Å². The standard InChI is InChI=1S/C25H21BrO4/c1-15-6-4-5-7-17(15)14-29-20-10-16(2)24-22(13-20)30-23(25(24)27)12-18-11-19(26)8-9-21(18)28-3/h4-13H,14H2,1-3H3/b23-12-. The van der Waals surface area contributed by atoms with E-state index in [0.29, 0.717) is 29.4 Å². The van der Waals surface area contributed by atoms with Gasteiger partial charge in [-0.2, -0.15) is 0 Å². The maximum Gasteiger partial charge on any atom is 0.232 e. The number of aryl methyl sites for hydroxylation is 2. The number of hydrogen-bond donors (Lipinski definition) is 0. The van der Waals surface area contributed by atoms with E-state index in [2.05, 4.69) is 28.9 Å². The van der Waals surface area contributed by atoms with Gasteiger partial charge in [0.25, 0.3) is 0 Å². The van der Waals surface area contributed by atoms with Gasteiger partial charge < -0.3 is 14.2 Å². The molecule has 0 bridgehead atoms. The number of carbonyl (C=O) groups is 1. The van der Waals surface area contributed by atoms with Crippen LogP contribution < -0.4 is 14.2 Å². The molecule has 0 saturated heterocycles. The van der Waals surface area contributed by atoms with Crippen molar-refractivity contribution >= 4 is 27.8 Å². The molecule has 0 unspecified atom stereocenters. The van der Waals surface area contributed by atoms with Crippen molar-refractivity contribution in [1.82, 2.24) is 0 Å². The minimum atomic E-state index is -0.144. The lowest BCUT2D eigenvalue weighted by atomic mass is 10.0. The van der Waals surface area contributed by atoms with Crippen molar-refractivity contribution in [2.75, 3.05) is 7.11 Å². The van der Waals surface area contributed by atoms with Crippen molar-refractivity contribution in [1.29, 1.82) is 0 Å². The van der Waals surface area contributed by atoms with Crippen LogP contribution in [-0.4, -0.2) is 12.9 Å². The topological polar surface area (TPSA) is 44.8 Å². The number of carbonyl (C=O) groups excluding carboxylic acids is 1. The maximum atomic E-state index is 13.0. The molecule has 152 valence electrons. The first kappa shape index (κ1) is 20.2. The van der Waals surface area contributed by atoms with Gasteiger partial charge in [-0.1, -0.05) is 40.2 Å². The summed E-state index contributed by atoms with van der Waals surface area (Å²) in [5.74, 6) is 1.97. The molecule has 4 rings (SSSR count). The van der Waals surface area contributed by atoms with E-state index in [-0.39, 0.29) is 11.5 Å². The van der Waals surface area contributed by atoms with Gasteiger partial charge in [-0.15, -0.1) is 0 Å². The summed E-state index contributed by atoms with van der Waals surface area (Å²) in [4.78, 5) is 13.0. The number of rotatable bonds is 5. The zero-order valence-corrected chi connectivity index (χ0v) is 18.6. The number of ether oxygens (including phenoxy) is 3. The molecule has 0 N–H and O–H groups in total. The Morgan fingerprint density at radius 2 is 1.83 bits per heavy atom. The van der Waals surface area contributed by atoms with Gasteiger partial charge in [0.05, 0.1) is 12.7 Å². The monoisotopic (exact) mass is 464 g/mol. The second kappa shape index (κ2) is 8.36. The first-order valence-electron chi connectivity index (χ1n) is 9.56. The third-order valence-corrected chi connectivity index (χ3v) is 5.57. The van der Waals surface area contributed by atoms with Crippen molar-refractivity contribution in [3.05, 3.63) is 92.6 Å². The predicted molar refractivity (Wildman–Crippen MR) is 120 cm³/mol. The molecule has 5 heteroatoms. The Bertz CT molecular complexity index is 1160. The van der Waals surface area contributed by atoms with E-state index in [9.17, 15) is 4.79 Å². The highest BCUT2D eigenvalue weighted by atomic mass is 79.9. The molecule has 0 atom stereocenters. The van der Waals surface area contributed by atoms with E-state index in [1.165, 1.54) is 5.56 Å². The summed E-state index contributed by atoms with van der Waals surface area (Å²) in [6.07, 6.45) is 1.71. The lowest BCUT2D eigenvalue weighted by Crippen LogP contribution is -2.01. The third kappa shape index (κ3) is 3.98. The van der Waals surface area contributed by atoms with Crippen LogP contribution >= 0.6 is 15.9 Å². The minimum Gasteiger partial charge on any atom is -0.496 e. The molecule has 0 aliphatic carbocycles. The Kier molecular flexibility index (Phi) is 5.64. The zero-order chi connectivity index (χ0) is 21.3. The van der Waals surface area contributed by atoms with Gasteiger partial charge in [-0.05, 0) is 60.9 Å². The summed E-state index contributed by atoms with van der Waals surface area (Å²) >= 11 is 3.45. The van der Waals surface area contributed by atoms with Crippen LogP contribution in [0.3, 0.4) is 0 Å². The third-order valence-electron chi connectivity index (χ3n) is 5.08. The fourth-order valence-electron chi connectivity index (χ4n) is 3.45. The summed E-state index contributed by atoms with van der Waals surface area (Å²) in [6, 6.07) is 17.4. The molecule has 1 aliphatic rings. The summed E-state index contributed by atoms with van der Waals surface area (Å²) in [5.41, 5.74) is 4.45. The SMILES string of the molecule is COc1ccc(Br)cc1/C=C1\Oc2cc(OCc3ccccc3C)cc(C)c2C1=O. The second-order valence-corrected chi connectivity index (χ2v) is 8.07. The van der Waals surface area contributed by atoms with E-state index < -0.39 is 0 Å². The summed E-state index contributed by atoms with van der Waals surface area (Å²) in [7, 11) is 1.60. The number of methoxy groups -OCH3 is 1. The van der Waals surface area contributed by atoms with Crippen LogP contribution in [0.2, 0.25) is 0 Å². The van der Waals surface area contributed by atoms with E-state index in [0.717, 1.165) is 21.2 Å². The largest absolute Gasteiger partial charge is 0.496 e. The molecular formula is C25H21BrO4. The number of ketones is 1.